The zero-order valence-electron chi connectivity index (χ0n) is 19.5. The summed E-state index contributed by atoms with van der Waals surface area (Å²) in [4.78, 5) is 31.4. The van der Waals surface area contributed by atoms with Crippen LogP contribution in [0.4, 0.5) is 17.5 Å². The van der Waals surface area contributed by atoms with Gasteiger partial charge in [-0.3, -0.25) is 14.4 Å². The number of nitrogens with two attached hydrogens (primary N) is 1. The van der Waals surface area contributed by atoms with Crippen molar-refractivity contribution in [1.82, 2.24) is 19.5 Å². The first-order valence-electron chi connectivity index (χ1n) is 10.7. The first kappa shape index (κ1) is 22.1. The van der Waals surface area contributed by atoms with E-state index in [9.17, 15) is 4.79 Å². The van der Waals surface area contributed by atoms with Crippen molar-refractivity contribution in [2.24, 2.45) is 4.99 Å². The highest BCUT2D eigenvalue weighted by molar-refractivity contribution is 5.81. The number of anilines is 2. The molecule has 0 amide bonds. The van der Waals surface area contributed by atoms with Crippen molar-refractivity contribution in [1.29, 1.82) is 0 Å². The summed E-state index contributed by atoms with van der Waals surface area (Å²) < 4.78 is 1.70. The Balaban J connectivity index is 2.00. The molecule has 1 atom stereocenters. The number of para-hydroxylation sites is 1. The minimum absolute atomic E-state index is 0.111. The summed E-state index contributed by atoms with van der Waals surface area (Å²) >= 11 is 0. The Morgan fingerprint density at radius 2 is 1.64 bits per heavy atom. The van der Waals surface area contributed by atoms with Gasteiger partial charge in [-0.2, -0.15) is 4.98 Å². The van der Waals surface area contributed by atoms with E-state index in [0.29, 0.717) is 33.9 Å². The molecule has 3 N–H and O–H groups in total. The van der Waals surface area contributed by atoms with Gasteiger partial charge in [-0.15, -0.1) is 0 Å². The highest BCUT2D eigenvalue weighted by atomic mass is 16.1. The van der Waals surface area contributed by atoms with E-state index in [1.54, 1.807) is 11.5 Å². The maximum atomic E-state index is 13.9. The molecule has 0 fully saturated rings. The Morgan fingerprint density at radius 1 is 1.00 bits per heavy atom. The Morgan fingerprint density at radius 3 is 2.30 bits per heavy atom. The molecule has 0 saturated heterocycles. The van der Waals surface area contributed by atoms with Crippen LogP contribution in [0.2, 0.25) is 0 Å². The summed E-state index contributed by atoms with van der Waals surface area (Å²) in [6.45, 7) is 13.3. The lowest BCUT2D eigenvalue weighted by molar-refractivity contribution is 0.726. The van der Waals surface area contributed by atoms with Crippen LogP contribution in [0.5, 0.6) is 0 Å². The molecule has 0 aliphatic carbocycles. The van der Waals surface area contributed by atoms with Crippen molar-refractivity contribution in [2.45, 2.75) is 40.7 Å². The fourth-order valence-corrected chi connectivity index (χ4v) is 4.23. The maximum absolute atomic E-state index is 13.9. The van der Waals surface area contributed by atoms with Crippen LogP contribution in [0, 0.1) is 27.7 Å². The van der Waals surface area contributed by atoms with Crippen molar-refractivity contribution in [3.8, 4) is 5.69 Å². The molecular weight excluding hydrogens is 414 g/mol. The lowest BCUT2D eigenvalue weighted by Gasteiger charge is -2.23. The molecule has 8 nitrogen and oxygen atoms in total. The second-order valence-electron chi connectivity index (χ2n) is 8.21. The molecule has 0 bridgehead atoms. The minimum atomic E-state index is -0.407. The summed E-state index contributed by atoms with van der Waals surface area (Å²) in [5.41, 5.74) is 11.2. The van der Waals surface area contributed by atoms with Crippen LogP contribution in [0.3, 0.4) is 0 Å². The van der Waals surface area contributed by atoms with E-state index < -0.39 is 6.04 Å². The summed E-state index contributed by atoms with van der Waals surface area (Å²) in [5.74, 6) is 1.12. The normalized spacial score (nSPS) is 12.0. The van der Waals surface area contributed by atoms with Gasteiger partial charge in [0.1, 0.15) is 11.5 Å². The number of aliphatic imine (C=N–C) groups is 1. The van der Waals surface area contributed by atoms with E-state index in [-0.39, 0.29) is 11.5 Å². The number of fused-ring (bicyclic) bond motifs is 1. The van der Waals surface area contributed by atoms with E-state index in [1.165, 1.54) is 0 Å². The van der Waals surface area contributed by atoms with Gasteiger partial charge in [-0.1, -0.05) is 30.3 Å². The number of nitrogens with zero attached hydrogens (tertiary/aromatic N) is 5. The second-order valence-corrected chi connectivity index (χ2v) is 8.21. The summed E-state index contributed by atoms with van der Waals surface area (Å²) in [7, 11) is 0. The summed E-state index contributed by atoms with van der Waals surface area (Å²) in [5, 5.41) is 3.93. The third-order valence-corrected chi connectivity index (χ3v) is 5.77. The number of hydrogen-bond acceptors (Lipinski definition) is 7. The fraction of sp³-hybridized carbons (Fsp3) is 0.240. The Hall–Kier alpha value is -4.07. The van der Waals surface area contributed by atoms with Gasteiger partial charge in [0.05, 0.1) is 28.3 Å². The van der Waals surface area contributed by atoms with Crippen molar-refractivity contribution < 1.29 is 0 Å². The average molecular weight is 442 g/mol. The van der Waals surface area contributed by atoms with E-state index in [0.717, 1.165) is 22.4 Å². The smallest absolute Gasteiger partial charge is 0.266 e. The van der Waals surface area contributed by atoms with Crippen LogP contribution in [0.25, 0.3) is 16.6 Å². The summed E-state index contributed by atoms with van der Waals surface area (Å²) in [6, 6.07) is 11.3. The first-order chi connectivity index (χ1) is 15.7. The molecule has 4 rings (SSSR count). The molecule has 0 aliphatic rings. The fourth-order valence-electron chi connectivity index (χ4n) is 4.23. The third-order valence-electron chi connectivity index (χ3n) is 5.77. The number of aromatic nitrogens is 4. The standard InChI is InChI=1S/C25H27N7O/c1-13-9-8-12-18-19(13)24(33)32(21-14(2)10-7-11-15(21)3)23(30-18)17(5)28-22-20(27-6)16(4)29-25(26)31-22/h7-12,17H,6H2,1-5H3,(H3,26,28,29,31). The number of nitrogen functional groups attached to an aromatic ring is 1. The number of hydrogen-bond donors (Lipinski definition) is 2. The van der Waals surface area contributed by atoms with Gasteiger partial charge < -0.3 is 11.1 Å². The molecule has 8 heteroatoms. The lowest BCUT2D eigenvalue weighted by Crippen LogP contribution is -2.29. The lowest BCUT2D eigenvalue weighted by atomic mass is 10.1. The van der Waals surface area contributed by atoms with Gasteiger partial charge in [0.15, 0.2) is 5.82 Å². The second kappa shape index (κ2) is 8.46. The molecule has 1 unspecified atom stereocenters. The maximum Gasteiger partial charge on any atom is 0.266 e. The van der Waals surface area contributed by atoms with Crippen LogP contribution >= 0.6 is 0 Å². The number of aryl methyl sites for hydroxylation is 4. The molecule has 0 spiro atoms. The minimum Gasteiger partial charge on any atom is -0.368 e. The molecule has 0 aliphatic heterocycles. The molecule has 0 radical (unpaired) electrons. The van der Waals surface area contributed by atoms with Crippen LogP contribution in [0.15, 0.2) is 46.2 Å². The number of rotatable bonds is 5. The van der Waals surface area contributed by atoms with Crippen molar-refractivity contribution in [3.05, 3.63) is 75.0 Å². The predicted octanol–water partition coefficient (Wildman–Crippen LogP) is 4.50. The molecule has 2 heterocycles. The quantitative estimate of drug-likeness (QED) is 0.441. The van der Waals surface area contributed by atoms with E-state index in [2.05, 4.69) is 27.0 Å². The Kier molecular flexibility index (Phi) is 5.68. The van der Waals surface area contributed by atoms with Gasteiger partial charge in [-0.05, 0) is 64.1 Å². The van der Waals surface area contributed by atoms with Gasteiger partial charge in [0.2, 0.25) is 5.95 Å². The van der Waals surface area contributed by atoms with Gasteiger partial charge >= 0.3 is 0 Å². The third kappa shape index (κ3) is 3.84. The Bertz CT molecular complexity index is 1440. The SMILES string of the molecule is C=Nc1c(C)nc(N)nc1NC(C)c1nc2cccc(C)c2c(=O)n1-c1c(C)cccc1C. The van der Waals surface area contributed by atoms with Crippen LogP contribution in [-0.4, -0.2) is 26.2 Å². The van der Waals surface area contributed by atoms with Gasteiger partial charge in [-0.25, -0.2) is 9.97 Å². The van der Waals surface area contributed by atoms with Gasteiger partial charge in [0.25, 0.3) is 5.56 Å². The Labute approximate surface area is 192 Å². The highest BCUT2D eigenvalue weighted by Gasteiger charge is 2.22. The first-order valence-corrected chi connectivity index (χ1v) is 10.7. The van der Waals surface area contributed by atoms with E-state index >= 15 is 0 Å². The molecule has 4 aromatic rings. The molecular formula is C25H27N7O. The van der Waals surface area contributed by atoms with E-state index in [1.807, 2.05) is 64.1 Å². The molecule has 33 heavy (non-hydrogen) atoms. The summed E-state index contributed by atoms with van der Waals surface area (Å²) in [6.07, 6.45) is 0. The van der Waals surface area contributed by atoms with Crippen LogP contribution < -0.4 is 16.6 Å². The monoisotopic (exact) mass is 441 g/mol. The molecule has 168 valence electrons. The largest absolute Gasteiger partial charge is 0.368 e. The van der Waals surface area contributed by atoms with Gasteiger partial charge in [0, 0.05) is 0 Å². The number of nitrogens with one attached hydrogen (secondary N) is 1. The van der Waals surface area contributed by atoms with Crippen LogP contribution in [-0.2, 0) is 0 Å². The molecule has 2 aromatic heterocycles. The molecule has 2 aromatic carbocycles. The van der Waals surface area contributed by atoms with Crippen LogP contribution in [0.1, 0.15) is 41.2 Å². The predicted molar refractivity (Wildman–Crippen MR) is 134 cm³/mol. The highest BCUT2D eigenvalue weighted by Crippen LogP contribution is 2.30. The number of benzene rings is 2. The topological polar surface area (TPSA) is 111 Å². The zero-order valence-corrected chi connectivity index (χ0v) is 19.5. The van der Waals surface area contributed by atoms with E-state index in [4.69, 9.17) is 10.7 Å². The van der Waals surface area contributed by atoms with Crippen molar-refractivity contribution in [3.63, 3.8) is 0 Å². The zero-order chi connectivity index (χ0) is 23.9. The van der Waals surface area contributed by atoms with Crippen molar-refractivity contribution in [2.75, 3.05) is 11.1 Å². The average Bonchev–Trinajstić information content (AvgIpc) is 2.74. The molecule has 0 saturated carbocycles. The van der Waals surface area contributed by atoms with Crippen molar-refractivity contribution >= 4 is 35.1 Å².